The van der Waals surface area contributed by atoms with E-state index in [1.165, 1.54) is 12.8 Å². The van der Waals surface area contributed by atoms with Gasteiger partial charge in [0, 0.05) is 50.8 Å². The van der Waals surface area contributed by atoms with Gasteiger partial charge in [-0.2, -0.15) is 0 Å². The molecule has 0 spiro atoms. The molecule has 0 aromatic carbocycles. The van der Waals surface area contributed by atoms with Crippen LogP contribution in [0.5, 0.6) is 0 Å². The maximum Gasteiger partial charge on any atom is 0.263 e. The van der Waals surface area contributed by atoms with E-state index in [1.807, 2.05) is 24.1 Å². The molecule has 1 atom stereocenters. The summed E-state index contributed by atoms with van der Waals surface area (Å²) in [5.41, 5.74) is 0.807. The van der Waals surface area contributed by atoms with Crippen LogP contribution < -0.4 is 10.9 Å². The quantitative estimate of drug-likeness (QED) is 0.799. The number of piperidine rings is 1. The van der Waals surface area contributed by atoms with Crippen molar-refractivity contribution in [2.75, 3.05) is 33.2 Å². The zero-order valence-corrected chi connectivity index (χ0v) is 18.2. The number of aryl methyl sites for hydroxylation is 1. The van der Waals surface area contributed by atoms with Gasteiger partial charge in [0.2, 0.25) is 5.91 Å². The first kappa shape index (κ1) is 21.1. The van der Waals surface area contributed by atoms with Gasteiger partial charge in [-0.05, 0) is 57.3 Å². The molecule has 7 nitrogen and oxygen atoms in total. The molecular weight excluding hydrogens is 380 g/mol. The van der Waals surface area contributed by atoms with Gasteiger partial charge in [0.05, 0.1) is 0 Å². The smallest absolute Gasteiger partial charge is 0.263 e. The average molecular weight is 415 g/mol. The first-order chi connectivity index (χ1) is 14.5. The van der Waals surface area contributed by atoms with E-state index in [0.29, 0.717) is 19.0 Å². The van der Waals surface area contributed by atoms with Crippen LogP contribution in [-0.2, 0) is 4.79 Å². The molecule has 7 heteroatoms. The third kappa shape index (κ3) is 4.17. The molecule has 164 valence electrons. The number of rotatable bonds is 5. The summed E-state index contributed by atoms with van der Waals surface area (Å²) in [4.78, 5) is 42.6. The SMILES string of the molecule is Cc1ccn(C2CCNCC2)c(=O)c1C(=O)N(C)CC1CC(=O)N(C2CCCC2)C1. The number of nitrogens with zero attached hydrogens (tertiary/aromatic N) is 3. The number of amides is 2. The minimum Gasteiger partial charge on any atom is -0.341 e. The second kappa shape index (κ2) is 8.92. The van der Waals surface area contributed by atoms with Crippen LogP contribution in [0, 0.1) is 12.8 Å². The fourth-order valence-electron chi connectivity index (χ4n) is 5.43. The van der Waals surface area contributed by atoms with Crippen LogP contribution in [0.25, 0.3) is 0 Å². The normalized spacial score (nSPS) is 23.3. The van der Waals surface area contributed by atoms with Crippen molar-refractivity contribution in [2.45, 2.75) is 64.0 Å². The van der Waals surface area contributed by atoms with Gasteiger partial charge in [0.1, 0.15) is 5.56 Å². The Morgan fingerprint density at radius 3 is 2.53 bits per heavy atom. The molecule has 2 amide bonds. The lowest BCUT2D eigenvalue weighted by Gasteiger charge is -2.27. The van der Waals surface area contributed by atoms with Crippen LogP contribution in [0.1, 0.15) is 66.9 Å². The number of carbonyl (C=O) groups excluding carboxylic acids is 2. The summed E-state index contributed by atoms with van der Waals surface area (Å²) in [6.07, 6.45) is 8.74. The first-order valence-corrected chi connectivity index (χ1v) is 11.4. The molecule has 30 heavy (non-hydrogen) atoms. The molecule has 1 aromatic heterocycles. The molecule has 1 aliphatic carbocycles. The maximum absolute atomic E-state index is 13.2. The molecule has 3 fully saturated rings. The van der Waals surface area contributed by atoms with Gasteiger partial charge < -0.3 is 19.7 Å². The van der Waals surface area contributed by atoms with Gasteiger partial charge in [-0.25, -0.2) is 0 Å². The minimum absolute atomic E-state index is 0.141. The zero-order chi connectivity index (χ0) is 21.3. The van der Waals surface area contributed by atoms with E-state index in [4.69, 9.17) is 0 Å². The Morgan fingerprint density at radius 1 is 1.13 bits per heavy atom. The van der Waals surface area contributed by atoms with Crippen molar-refractivity contribution >= 4 is 11.8 Å². The molecule has 1 unspecified atom stereocenters. The lowest BCUT2D eigenvalue weighted by molar-refractivity contribution is -0.129. The monoisotopic (exact) mass is 414 g/mol. The predicted molar refractivity (Wildman–Crippen MR) is 116 cm³/mol. The predicted octanol–water partition coefficient (Wildman–Crippen LogP) is 1.94. The van der Waals surface area contributed by atoms with Crippen molar-refractivity contribution in [1.82, 2.24) is 19.7 Å². The average Bonchev–Trinajstić information content (AvgIpc) is 3.38. The maximum atomic E-state index is 13.2. The standard InChI is InChI=1S/C23H34N4O3/c1-16-9-12-26(19-7-10-24-11-8-19)23(30)21(16)22(29)25(2)14-17-13-20(28)27(15-17)18-5-3-4-6-18/h9,12,17-19,24H,3-8,10-11,13-15H2,1-2H3. The fraction of sp³-hybridized carbons (Fsp3) is 0.696. The van der Waals surface area contributed by atoms with Crippen LogP contribution in [0.3, 0.4) is 0 Å². The number of hydrogen-bond acceptors (Lipinski definition) is 4. The molecule has 3 aliphatic rings. The number of pyridine rings is 1. The fourth-order valence-corrected chi connectivity index (χ4v) is 5.43. The largest absolute Gasteiger partial charge is 0.341 e. The van der Waals surface area contributed by atoms with Gasteiger partial charge >= 0.3 is 0 Å². The van der Waals surface area contributed by atoms with Gasteiger partial charge in [-0.3, -0.25) is 14.4 Å². The Kier molecular flexibility index (Phi) is 6.27. The highest BCUT2D eigenvalue weighted by molar-refractivity contribution is 5.95. The molecule has 0 radical (unpaired) electrons. The van der Waals surface area contributed by atoms with Crippen LogP contribution >= 0.6 is 0 Å². The third-order valence-corrected chi connectivity index (χ3v) is 7.13. The van der Waals surface area contributed by atoms with E-state index in [9.17, 15) is 14.4 Å². The highest BCUT2D eigenvalue weighted by atomic mass is 16.2. The lowest BCUT2D eigenvalue weighted by Crippen LogP contribution is -2.40. The molecule has 2 aliphatic heterocycles. The molecule has 0 bridgehead atoms. The van der Waals surface area contributed by atoms with E-state index in [1.54, 1.807) is 16.5 Å². The Hall–Kier alpha value is -2.15. The van der Waals surface area contributed by atoms with E-state index in [0.717, 1.165) is 50.9 Å². The molecule has 4 rings (SSSR count). The summed E-state index contributed by atoms with van der Waals surface area (Å²) in [6.45, 7) is 4.85. The molecule has 1 saturated carbocycles. The molecule has 1 N–H and O–H groups in total. The molecule has 2 saturated heterocycles. The summed E-state index contributed by atoms with van der Waals surface area (Å²) in [7, 11) is 1.76. The van der Waals surface area contributed by atoms with Crippen LogP contribution in [-0.4, -0.2) is 65.4 Å². The van der Waals surface area contributed by atoms with E-state index < -0.39 is 0 Å². The lowest BCUT2D eigenvalue weighted by atomic mass is 10.0. The van der Waals surface area contributed by atoms with Crippen molar-refractivity contribution < 1.29 is 9.59 Å². The number of aromatic nitrogens is 1. The topological polar surface area (TPSA) is 74.6 Å². The van der Waals surface area contributed by atoms with Gasteiger partial charge in [-0.1, -0.05) is 12.8 Å². The van der Waals surface area contributed by atoms with Crippen LogP contribution in [0.2, 0.25) is 0 Å². The Labute approximate surface area is 178 Å². The molecule has 1 aromatic rings. The Balaban J connectivity index is 1.46. The van der Waals surface area contributed by atoms with Crippen molar-refractivity contribution in [1.29, 1.82) is 0 Å². The van der Waals surface area contributed by atoms with Crippen molar-refractivity contribution in [3.63, 3.8) is 0 Å². The third-order valence-electron chi connectivity index (χ3n) is 7.13. The number of likely N-dealkylation sites (tertiary alicyclic amines) is 1. The van der Waals surface area contributed by atoms with Crippen LogP contribution in [0.15, 0.2) is 17.1 Å². The van der Waals surface area contributed by atoms with E-state index in [-0.39, 0.29) is 34.9 Å². The first-order valence-electron chi connectivity index (χ1n) is 11.4. The highest BCUT2D eigenvalue weighted by Gasteiger charge is 2.36. The Bertz CT molecular complexity index is 852. The van der Waals surface area contributed by atoms with Crippen molar-refractivity contribution in [3.8, 4) is 0 Å². The highest BCUT2D eigenvalue weighted by Crippen LogP contribution is 2.29. The summed E-state index contributed by atoms with van der Waals surface area (Å²) in [6, 6.07) is 2.41. The van der Waals surface area contributed by atoms with Crippen LogP contribution in [0.4, 0.5) is 0 Å². The number of carbonyl (C=O) groups is 2. The number of hydrogen-bond donors (Lipinski definition) is 1. The summed E-state index contributed by atoms with van der Waals surface area (Å²) < 4.78 is 1.75. The summed E-state index contributed by atoms with van der Waals surface area (Å²) in [5.74, 6) is 0.132. The summed E-state index contributed by atoms with van der Waals surface area (Å²) in [5, 5.41) is 3.32. The second-order valence-electron chi connectivity index (χ2n) is 9.31. The van der Waals surface area contributed by atoms with Gasteiger partial charge in [-0.15, -0.1) is 0 Å². The van der Waals surface area contributed by atoms with Gasteiger partial charge in [0.25, 0.3) is 11.5 Å². The second-order valence-corrected chi connectivity index (χ2v) is 9.31. The Morgan fingerprint density at radius 2 is 1.83 bits per heavy atom. The van der Waals surface area contributed by atoms with Gasteiger partial charge in [0.15, 0.2) is 0 Å². The zero-order valence-electron chi connectivity index (χ0n) is 18.2. The van der Waals surface area contributed by atoms with Crippen molar-refractivity contribution in [2.24, 2.45) is 5.92 Å². The minimum atomic E-state index is -0.229. The molecule has 3 heterocycles. The van der Waals surface area contributed by atoms with E-state index in [2.05, 4.69) is 5.32 Å². The summed E-state index contributed by atoms with van der Waals surface area (Å²) >= 11 is 0. The van der Waals surface area contributed by atoms with E-state index >= 15 is 0 Å². The van der Waals surface area contributed by atoms with Crippen molar-refractivity contribution in [3.05, 3.63) is 33.7 Å². The number of nitrogens with one attached hydrogen (secondary N) is 1. The molecular formula is C23H34N4O3.